The Labute approximate surface area is 142 Å². The van der Waals surface area contributed by atoms with Crippen LogP contribution < -0.4 is 0 Å². The first-order chi connectivity index (χ1) is 11.4. The van der Waals surface area contributed by atoms with E-state index in [4.69, 9.17) is 4.74 Å². The number of amides is 1. The number of fused-ring (bicyclic) bond motifs is 1. The molecule has 1 amide bonds. The van der Waals surface area contributed by atoms with E-state index < -0.39 is 11.4 Å². The molecular formula is C17H18FNO4S. The lowest BCUT2D eigenvalue weighted by Crippen LogP contribution is -2.34. The number of nitrogens with zero attached hydrogens (tertiary/aromatic N) is 1. The maximum Gasteiger partial charge on any atom is 0.311 e. The molecule has 1 saturated heterocycles. The zero-order valence-corrected chi connectivity index (χ0v) is 14.3. The summed E-state index contributed by atoms with van der Waals surface area (Å²) in [4.78, 5) is 26.2. The Morgan fingerprint density at radius 2 is 2.21 bits per heavy atom. The number of rotatable bonds is 4. The first kappa shape index (κ1) is 16.9. The standard InChI is InChI=1S/C17H18FNO4S/c1-17(16(21)22)6-7-19(9-17)15(20)14-10(8-23-2)13-11(18)4-3-5-12(13)24-14/h3-5H,6-9H2,1-2H3,(H,21,22)/t17-/m0/s1. The van der Waals surface area contributed by atoms with E-state index in [1.165, 1.54) is 29.4 Å². The molecule has 1 atom stereocenters. The van der Waals surface area contributed by atoms with Crippen LogP contribution in [0.1, 0.15) is 28.6 Å². The van der Waals surface area contributed by atoms with Gasteiger partial charge in [-0.1, -0.05) is 6.07 Å². The first-order valence-electron chi connectivity index (χ1n) is 7.59. The molecule has 7 heteroatoms. The summed E-state index contributed by atoms with van der Waals surface area (Å²) in [6.07, 6.45) is 0.410. The van der Waals surface area contributed by atoms with Crippen LogP contribution in [-0.4, -0.2) is 42.1 Å². The first-order valence-corrected chi connectivity index (χ1v) is 8.40. The van der Waals surface area contributed by atoms with Crippen LogP contribution >= 0.6 is 11.3 Å². The van der Waals surface area contributed by atoms with E-state index in [-0.39, 0.29) is 24.9 Å². The second kappa shape index (κ2) is 6.14. The van der Waals surface area contributed by atoms with Gasteiger partial charge in [-0.25, -0.2) is 4.39 Å². The normalized spacial score (nSPS) is 20.7. The van der Waals surface area contributed by atoms with E-state index >= 15 is 0 Å². The molecule has 5 nitrogen and oxygen atoms in total. The fourth-order valence-electron chi connectivity index (χ4n) is 3.07. The van der Waals surface area contributed by atoms with Gasteiger partial charge in [-0.15, -0.1) is 11.3 Å². The predicted octanol–water partition coefficient (Wildman–Crippen LogP) is 3.12. The molecule has 128 valence electrons. The van der Waals surface area contributed by atoms with Gasteiger partial charge in [-0.2, -0.15) is 0 Å². The molecule has 3 rings (SSSR count). The lowest BCUT2D eigenvalue weighted by atomic mass is 9.90. The highest BCUT2D eigenvalue weighted by atomic mass is 32.1. The van der Waals surface area contributed by atoms with Crippen LogP contribution in [0.2, 0.25) is 0 Å². The molecule has 1 fully saturated rings. The van der Waals surface area contributed by atoms with Crippen molar-refractivity contribution in [2.24, 2.45) is 5.41 Å². The van der Waals surface area contributed by atoms with Crippen LogP contribution in [0.15, 0.2) is 18.2 Å². The van der Waals surface area contributed by atoms with Gasteiger partial charge >= 0.3 is 5.97 Å². The number of hydrogen-bond acceptors (Lipinski definition) is 4. The number of benzene rings is 1. The highest BCUT2D eigenvalue weighted by molar-refractivity contribution is 7.21. The third-order valence-corrected chi connectivity index (χ3v) is 5.71. The Morgan fingerprint density at radius 1 is 1.46 bits per heavy atom. The van der Waals surface area contributed by atoms with Gasteiger partial charge in [0.15, 0.2) is 0 Å². The van der Waals surface area contributed by atoms with Gasteiger partial charge in [0, 0.05) is 35.8 Å². The Bertz CT molecular complexity index is 818. The molecule has 0 unspecified atom stereocenters. The van der Waals surface area contributed by atoms with Crippen molar-refractivity contribution in [3.8, 4) is 0 Å². The summed E-state index contributed by atoms with van der Waals surface area (Å²) in [6.45, 7) is 2.31. The summed E-state index contributed by atoms with van der Waals surface area (Å²) in [5, 5.41) is 9.74. The molecule has 1 aliphatic heterocycles. The number of carbonyl (C=O) groups excluding carboxylic acids is 1. The topological polar surface area (TPSA) is 66.8 Å². The second-order valence-electron chi connectivity index (χ2n) is 6.30. The van der Waals surface area contributed by atoms with Gasteiger partial charge < -0.3 is 14.7 Å². The van der Waals surface area contributed by atoms with Crippen LogP contribution in [0.5, 0.6) is 0 Å². The van der Waals surface area contributed by atoms with Crippen molar-refractivity contribution in [3.05, 3.63) is 34.5 Å². The number of carbonyl (C=O) groups is 2. The van der Waals surface area contributed by atoms with E-state index in [2.05, 4.69) is 0 Å². The molecule has 0 saturated carbocycles. The molecular weight excluding hydrogens is 333 g/mol. The summed E-state index contributed by atoms with van der Waals surface area (Å²) < 4.78 is 20.0. The largest absolute Gasteiger partial charge is 0.481 e. The number of carboxylic acid groups (broad SMARTS) is 1. The van der Waals surface area contributed by atoms with Gasteiger partial charge in [0.2, 0.25) is 0 Å². The van der Waals surface area contributed by atoms with E-state index in [1.54, 1.807) is 19.1 Å². The molecule has 2 heterocycles. The predicted molar refractivity (Wildman–Crippen MR) is 88.8 cm³/mol. The zero-order valence-electron chi connectivity index (χ0n) is 13.5. The van der Waals surface area contributed by atoms with E-state index in [0.717, 1.165) is 0 Å². The van der Waals surface area contributed by atoms with Crippen molar-refractivity contribution >= 4 is 33.3 Å². The zero-order chi connectivity index (χ0) is 17.5. The highest BCUT2D eigenvalue weighted by Gasteiger charge is 2.43. The van der Waals surface area contributed by atoms with Crippen molar-refractivity contribution in [1.29, 1.82) is 0 Å². The number of ether oxygens (including phenoxy) is 1. The highest BCUT2D eigenvalue weighted by Crippen LogP contribution is 2.37. The van der Waals surface area contributed by atoms with Gasteiger partial charge in [0.25, 0.3) is 5.91 Å². The average Bonchev–Trinajstić information content (AvgIpc) is 3.11. The monoisotopic (exact) mass is 351 g/mol. The van der Waals surface area contributed by atoms with Gasteiger partial charge in [0.05, 0.1) is 16.9 Å². The minimum absolute atomic E-state index is 0.131. The molecule has 1 aromatic carbocycles. The van der Waals surface area contributed by atoms with Crippen LogP contribution in [0.25, 0.3) is 10.1 Å². The number of hydrogen-bond donors (Lipinski definition) is 1. The maximum absolute atomic E-state index is 14.2. The summed E-state index contributed by atoms with van der Waals surface area (Å²) in [5.41, 5.74) is -0.400. The summed E-state index contributed by atoms with van der Waals surface area (Å²) in [5.74, 6) is -1.54. The number of likely N-dealkylation sites (tertiary alicyclic amines) is 1. The van der Waals surface area contributed by atoms with Crippen LogP contribution in [-0.2, 0) is 16.1 Å². The molecule has 0 aliphatic carbocycles. The van der Waals surface area contributed by atoms with Crippen LogP contribution in [0.3, 0.4) is 0 Å². The van der Waals surface area contributed by atoms with Crippen molar-refractivity contribution in [1.82, 2.24) is 4.90 Å². The Balaban J connectivity index is 2.00. The average molecular weight is 351 g/mol. The second-order valence-corrected chi connectivity index (χ2v) is 7.35. The Kier molecular flexibility index (Phi) is 4.31. The molecule has 1 aromatic heterocycles. The summed E-state index contributed by atoms with van der Waals surface area (Å²) >= 11 is 1.22. The van der Waals surface area contributed by atoms with Crippen LogP contribution in [0.4, 0.5) is 4.39 Å². The number of carboxylic acids is 1. The van der Waals surface area contributed by atoms with E-state index in [0.29, 0.717) is 33.5 Å². The van der Waals surface area contributed by atoms with E-state index in [1.807, 2.05) is 0 Å². The number of halogens is 1. The smallest absolute Gasteiger partial charge is 0.311 e. The Hall–Kier alpha value is -1.99. The third-order valence-electron chi connectivity index (χ3n) is 4.52. The molecule has 0 spiro atoms. The summed E-state index contributed by atoms with van der Waals surface area (Å²) in [7, 11) is 1.50. The molecule has 2 aromatic rings. The lowest BCUT2D eigenvalue weighted by Gasteiger charge is -2.20. The SMILES string of the molecule is COCc1c(C(=O)N2CC[C@](C)(C(=O)O)C2)sc2cccc(F)c12. The quantitative estimate of drug-likeness (QED) is 0.919. The van der Waals surface area contributed by atoms with Crippen molar-refractivity contribution in [2.75, 3.05) is 20.2 Å². The maximum atomic E-state index is 14.2. The number of thiophene rings is 1. The third kappa shape index (κ3) is 2.67. The molecule has 0 bridgehead atoms. The summed E-state index contributed by atoms with van der Waals surface area (Å²) in [6, 6.07) is 4.74. The molecule has 0 radical (unpaired) electrons. The minimum Gasteiger partial charge on any atom is -0.481 e. The molecule has 1 aliphatic rings. The van der Waals surface area contributed by atoms with Crippen LogP contribution in [0, 0.1) is 11.2 Å². The van der Waals surface area contributed by atoms with Gasteiger partial charge in [-0.05, 0) is 25.5 Å². The fourth-order valence-corrected chi connectivity index (χ4v) is 4.26. The van der Waals surface area contributed by atoms with Gasteiger partial charge in [0.1, 0.15) is 5.82 Å². The lowest BCUT2D eigenvalue weighted by molar-refractivity contribution is -0.147. The minimum atomic E-state index is -0.932. The number of aliphatic carboxylic acids is 1. The molecule has 1 N–H and O–H groups in total. The van der Waals surface area contributed by atoms with E-state index in [9.17, 15) is 19.1 Å². The fraction of sp³-hybridized carbons (Fsp3) is 0.412. The number of methoxy groups -OCH3 is 1. The van der Waals surface area contributed by atoms with Crippen molar-refractivity contribution in [2.45, 2.75) is 20.0 Å². The van der Waals surface area contributed by atoms with Crippen molar-refractivity contribution in [3.63, 3.8) is 0 Å². The van der Waals surface area contributed by atoms with Crippen molar-refractivity contribution < 1.29 is 23.8 Å². The molecule has 24 heavy (non-hydrogen) atoms. The Morgan fingerprint density at radius 3 is 2.83 bits per heavy atom. The van der Waals surface area contributed by atoms with Gasteiger partial charge in [-0.3, -0.25) is 9.59 Å².